The van der Waals surface area contributed by atoms with E-state index in [0.29, 0.717) is 17.8 Å². The lowest BCUT2D eigenvalue weighted by molar-refractivity contribution is -0.140. The number of halogens is 2. The van der Waals surface area contributed by atoms with Gasteiger partial charge in [0.2, 0.25) is 21.8 Å². The van der Waals surface area contributed by atoms with Crippen LogP contribution in [0.1, 0.15) is 18.1 Å². The standard InChI is InChI=1S/C27H29FIN3O4S/c1-3-30-27(34)25(17-20-7-5-4-6-8-20)31(18-21-9-11-22(28)12-10-21)26(33)19-32(37(2,35)36)24-15-13-23(29)14-16-24/h4-16,25H,3,17-19H2,1-2H3,(H,30,34). The number of benzene rings is 3. The summed E-state index contributed by atoms with van der Waals surface area (Å²) in [4.78, 5) is 28.4. The van der Waals surface area contributed by atoms with Crippen LogP contribution >= 0.6 is 22.6 Å². The smallest absolute Gasteiger partial charge is 0.244 e. The highest BCUT2D eigenvalue weighted by molar-refractivity contribution is 14.1. The van der Waals surface area contributed by atoms with Gasteiger partial charge in [-0.15, -0.1) is 0 Å². The molecule has 7 nitrogen and oxygen atoms in total. The first-order valence-electron chi connectivity index (χ1n) is 11.7. The van der Waals surface area contributed by atoms with Crippen LogP contribution in [0.4, 0.5) is 10.1 Å². The Kier molecular flexibility index (Phi) is 10.0. The van der Waals surface area contributed by atoms with Crippen LogP contribution in [-0.4, -0.2) is 50.5 Å². The summed E-state index contributed by atoms with van der Waals surface area (Å²) in [6.07, 6.45) is 1.26. The fourth-order valence-corrected chi connectivity index (χ4v) is 5.06. The molecule has 0 aromatic heterocycles. The molecule has 0 fully saturated rings. The summed E-state index contributed by atoms with van der Waals surface area (Å²) < 4.78 is 40.9. The molecule has 1 N–H and O–H groups in total. The second-order valence-corrected chi connectivity index (χ2v) is 11.6. The minimum atomic E-state index is -3.82. The Labute approximate surface area is 230 Å². The van der Waals surface area contributed by atoms with Crippen LogP contribution in [0, 0.1) is 9.39 Å². The molecule has 0 radical (unpaired) electrons. The van der Waals surface area contributed by atoms with Gasteiger partial charge in [-0.3, -0.25) is 13.9 Å². The first-order chi connectivity index (χ1) is 17.6. The molecular weight excluding hydrogens is 608 g/mol. The van der Waals surface area contributed by atoms with E-state index in [9.17, 15) is 22.4 Å². The average Bonchev–Trinajstić information content (AvgIpc) is 2.86. The molecule has 0 spiro atoms. The normalized spacial score (nSPS) is 12.0. The van der Waals surface area contributed by atoms with E-state index >= 15 is 0 Å². The molecule has 0 bridgehead atoms. The molecule has 0 aliphatic heterocycles. The van der Waals surface area contributed by atoms with Gasteiger partial charge in [-0.2, -0.15) is 0 Å². The van der Waals surface area contributed by atoms with Crippen molar-refractivity contribution in [2.24, 2.45) is 0 Å². The van der Waals surface area contributed by atoms with Crippen LogP contribution < -0.4 is 9.62 Å². The Hall–Kier alpha value is -2.99. The highest BCUT2D eigenvalue weighted by Gasteiger charge is 2.32. The summed E-state index contributed by atoms with van der Waals surface area (Å²) in [6.45, 7) is 1.65. The van der Waals surface area contributed by atoms with Crippen LogP contribution in [0.3, 0.4) is 0 Å². The number of carbonyl (C=O) groups excluding carboxylic acids is 2. The summed E-state index contributed by atoms with van der Waals surface area (Å²) >= 11 is 2.11. The Morgan fingerprint density at radius 3 is 2.14 bits per heavy atom. The molecule has 0 aliphatic carbocycles. The first kappa shape index (κ1) is 28.6. The Bertz CT molecular complexity index is 1300. The van der Waals surface area contributed by atoms with Crippen molar-refractivity contribution in [3.8, 4) is 0 Å². The summed E-state index contributed by atoms with van der Waals surface area (Å²) in [5, 5.41) is 2.79. The minimum absolute atomic E-state index is 0.00195. The molecule has 10 heteroatoms. The number of anilines is 1. The maximum atomic E-state index is 13.8. The van der Waals surface area contributed by atoms with E-state index in [1.807, 2.05) is 30.3 Å². The molecule has 0 saturated heterocycles. The molecule has 3 aromatic rings. The van der Waals surface area contributed by atoms with Crippen molar-refractivity contribution in [1.29, 1.82) is 0 Å². The quantitative estimate of drug-likeness (QED) is 0.323. The maximum Gasteiger partial charge on any atom is 0.244 e. The van der Waals surface area contributed by atoms with E-state index in [1.54, 1.807) is 43.3 Å². The third-order valence-corrected chi connectivity index (χ3v) is 7.54. The summed E-state index contributed by atoms with van der Waals surface area (Å²) in [6, 6.07) is 20.8. The van der Waals surface area contributed by atoms with Gasteiger partial charge in [0, 0.05) is 23.1 Å². The molecule has 37 heavy (non-hydrogen) atoms. The molecule has 3 rings (SSSR count). The fraction of sp³-hybridized carbons (Fsp3) is 0.259. The number of carbonyl (C=O) groups is 2. The van der Waals surface area contributed by atoms with Gasteiger partial charge in [0.25, 0.3) is 0 Å². The van der Waals surface area contributed by atoms with Crippen molar-refractivity contribution in [3.05, 3.63) is 99.4 Å². The summed E-state index contributed by atoms with van der Waals surface area (Å²) in [7, 11) is -3.82. The van der Waals surface area contributed by atoms with Gasteiger partial charge < -0.3 is 10.2 Å². The Balaban J connectivity index is 2.02. The zero-order chi connectivity index (χ0) is 27.0. The minimum Gasteiger partial charge on any atom is -0.355 e. The molecular formula is C27H29FIN3O4S. The molecule has 2 amide bonds. The second-order valence-electron chi connectivity index (χ2n) is 8.49. The number of hydrogen-bond acceptors (Lipinski definition) is 4. The second kappa shape index (κ2) is 13.0. The molecule has 0 saturated carbocycles. The van der Waals surface area contributed by atoms with E-state index in [4.69, 9.17) is 0 Å². The van der Waals surface area contributed by atoms with Gasteiger partial charge in [-0.1, -0.05) is 42.5 Å². The molecule has 196 valence electrons. The largest absolute Gasteiger partial charge is 0.355 e. The van der Waals surface area contributed by atoms with Gasteiger partial charge in [0.15, 0.2) is 0 Å². The summed E-state index contributed by atoms with van der Waals surface area (Å²) in [5.41, 5.74) is 1.79. The van der Waals surface area contributed by atoms with Crippen LogP contribution in [0.25, 0.3) is 0 Å². The maximum absolute atomic E-state index is 13.8. The van der Waals surface area contributed by atoms with Crippen molar-refractivity contribution in [2.45, 2.75) is 25.9 Å². The molecule has 0 aliphatic rings. The van der Waals surface area contributed by atoms with Gasteiger partial charge in [-0.25, -0.2) is 12.8 Å². The molecule has 1 atom stereocenters. The number of hydrogen-bond donors (Lipinski definition) is 1. The zero-order valence-corrected chi connectivity index (χ0v) is 23.6. The van der Waals surface area contributed by atoms with Crippen molar-refractivity contribution in [2.75, 3.05) is 23.7 Å². The van der Waals surface area contributed by atoms with Gasteiger partial charge in [0.1, 0.15) is 18.4 Å². The van der Waals surface area contributed by atoms with E-state index in [1.165, 1.54) is 17.0 Å². The van der Waals surface area contributed by atoms with Crippen LogP contribution in [-0.2, 0) is 32.6 Å². The molecule has 1 unspecified atom stereocenters. The molecule has 0 heterocycles. The number of nitrogens with zero attached hydrogens (tertiary/aromatic N) is 2. The van der Waals surface area contributed by atoms with Gasteiger partial charge >= 0.3 is 0 Å². The highest BCUT2D eigenvalue weighted by atomic mass is 127. The first-order valence-corrected chi connectivity index (χ1v) is 14.6. The third-order valence-electron chi connectivity index (χ3n) is 5.68. The zero-order valence-electron chi connectivity index (χ0n) is 20.6. The van der Waals surface area contributed by atoms with E-state index < -0.39 is 34.3 Å². The Morgan fingerprint density at radius 2 is 1.57 bits per heavy atom. The van der Waals surface area contributed by atoms with Gasteiger partial charge in [0.05, 0.1) is 11.9 Å². The van der Waals surface area contributed by atoms with E-state index in [-0.39, 0.29) is 18.9 Å². The third kappa shape index (κ3) is 8.26. The summed E-state index contributed by atoms with van der Waals surface area (Å²) in [5.74, 6) is -1.34. The number of nitrogens with one attached hydrogen (secondary N) is 1. The van der Waals surface area contributed by atoms with E-state index in [0.717, 1.165) is 19.7 Å². The number of likely N-dealkylation sites (N-methyl/N-ethyl adjacent to an activating group) is 1. The number of amides is 2. The van der Waals surface area contributed by atoms with Crippen LogP contribution in [0.2, 0.25) is 0 Å². The van der Waals surface area contributed by atoms with Crippen molar-refractivity contribution in [1.82, 2.24) is 10.2 Å². The van der Waals surface area contributed by atoms with Gasteiger partial charge in [-0.05, 0) is 77.0 Å². The topological polar surface area (TPSA) is 86.8 Å². The van der Waals surface area contributed by atoms with Crippen molar-refractivity contribution >= 4 is 50.1 Å². The van der Waals surface area contributed by atoms with Crippen molar-refractivity contribution in [3.63, 3.8) is 0 Å². The lowest BCUT2D eigenvalue weighted by Gasteiger charge is -2.33. The number of sulfonamides is 1. The predicted molar refractivity (Wildman–Crippen MR) is 151 cm³/mol. The average molecular weight is 638 g/mol. The molecule has 3 aromatic carbocycles. The van der Waals surface area contributed by atoms with E-state index in [2.05, 4.69) is 27.9 Å². The number of rotatable bonds is 11. The predicted octanol–water partition coefficient (Wildman–Crippen LogP) is 3.97. The van der Waals surface area contributed by atoms with Crippen LogP contribution in [0.5, 0.6) is 0 Å². The fourth-order valence-electron chi connectivity index (χ4n) is 3.85. The van der Waals surface area contributed by atoms with Crippen LogP contribution in [0.15, 0.2) is 78.9 Å². The SMILES string of the molecule is CCNC(=O)C(Cc1ccccc1)N(Cc1ccc(F)cc1)C(=O)CN(c1ccc(I)cc1)S(C)(=O)=O. The Morgan fingerprint density at radius 1 is 0.946 bits per heavy atom. The van der Waals surface area contributed by atoms with Crippen molar-refractivity contribution < 1.29 is 22.4 Å². The lowest BCUT2D eigenvalue weighted by Crippen LogP contribution is -2.53. The lowest BCUT2D eigenvalue weighted by atomic mass is 10.0. The monoisotopic (exact) mass is 637 g/mol. The highest BCUT2D eigenvalue weighted by Crippen LogP contribution is 2.21.